The van der Waals surface area contributed by atoms with Crippen molar-refractivity contribution in [2.24, 2.45) is 5.73 Å². The molecule has 0 fully saturated rings. The molecular weight excluding hydrogens is 230 g/mol. The van der Waals surface area contributed by atoms with Gasteiger partial charge in [0.05, 0.1) is 0 Å². The van der Waals surface area contributed by atoms with Crippen LogP contribution in [0.15, 0.2) is 24.5 Å². The first-order valence-corrected chi connectivity index (χ1v) is 7.44. The van der Waals surface area contributed by atoms with Crippen LogP contribution < -0.4 is 5.73 Å². The zero-order valence-corrected chi connectivity index (χ0v) is 11.8. The molecule has 0 saturated carbocycles. The lowest BCUT2D eigenvalue weighted by atomic mass is 10.1. The van der Waals surface area contributed by atoms with Gasteiger partial charge in [0.2, 0.25) is 0 Å². The van der Waals surface area contributed by atoms with E-state index in [0.29, 0.717) is 12.6 Å². The lowest BCUT2D eigenvalue weighted by molar-refractivity contribution is 0.187. The maximum Gasteiger partial charge on any atom is 0.0485 e. The molecule has 0 aliphatic carbocycles. The quantitative estimate of drug-likeness (QED) is 0.808. The Labute approximate surface area is 109 Å². The van der Waals surface area contributed by atoms with Gasteiger partial charge in [-0.3, -0.25) is 9.88 Å². The van der Waals surface area contributed by atoms with E-state index in [9.17, 15) is 0 Å². The summed E-state index contributed by atoms with van der Waals surface area (Å²) in [6, 6.07) is 4.91. The number of nitrogens with two attached hydrogens (primary N) is 1. The molecule has 96 valence electrons. The van der Waals surface area contributed by atoms with Crippen molar-refractivity contribution in [3.8, 4) is 0 Å². The molecule has 0 bridgehead atoms. The lowest BCUT2D eigenvalue weighted by Gasteiger charge is -2.34. The molecule has 2 unspecified atom stereocenters. The molecule has 1 aromatic heterocycles. The maximum atomic E-state index is 5.92. The average Bonchev–Trinajstić information content (AvgIpc) is 2.38. The predicted octanol–water partition coefficient (Wildman–Crippen LogP) is 2.15. The SMILES string of the molecule is CCC(CSC)N(C)C(CN)c1cccnc1. The fraction of sp³-hybridized carbons (Fsp3) is 0.615. The van der Waals surface area contributed by atoms with Gasteiger partial charge in [-0.25, -0.2) is 0 Å². The van der Waals surface area contributed by atoms with E-state index >= 15 is 0 Å². The molecular formula is C13H23N3S. The molecule has 4 heteroatoms. The lowest BCUT2D eigenvalue weighted by Crippen LogP contribution is -2.39. The van der Waals surface area contributed by atoms with E-state index < -0.39 is 0 Å². The highest BCUT2D eigenvalue weighted by atomic mass is 32.2. The minimum atomic E-state index is 0.265. The monoisotopic (exact) mass is 253 g/mol. The summed E-state index contributed by atoms with van der Waals surface area (Å²) in [7, 11) is 2.16. The van der Waals surface area contributed by atoms with Crippen LogP contribution in [0.3, 0.4) is 0 Å². The molecule has 17 heavy (non-hydrogen) atoms. The van der Waals surface area contributed by atoms with Crippen molar-refractivity contribution >= 4 is 11.8 Å². The first-order valence-electron chi connectivity index (χ1n) is 6.05. The highest BCUT2D eigenvalue weighted by Crippen LogP contribution is 2.22. The van der Waals surface area contributed by atoms with Crippen molar-refractivity contribution in [2.75, 3.05) is 25.6 Å². The minimum absolute atomic E-state index is 0.265. The first kappa shape index (κ1) is 14.5. The van der Waals surface area contributed by atoms with E-state index in [4.69, 9.17) is 5.73 Å². The van der Waals surface area contributed by atoms with Gasteiger partial charge in [0.15, 0.2) is 0 Å². The molecule has 3 nitrogen and oxygen atoms in total. The molecule has 2 N–H and O–H groups in total. The number of hydrogen-bond donors (Lipinski definition) is 1. The normalized spacial score (nSPS) is 14.9. The van der Waals surface area contributed by atoms with Crippen LogP contribution in [-0.4, -0.2) is 41.5 Å². The van der Waals surface area contributed by atoms with Crippen LogP contribution in [0.1, 0.15) is 24.9 Å². The van der Waals surface area contributed by atoms with Gasteiger partial charge >= 0.3 is 0 Å². The summed E-state index contributed by atoms with van der Waals surface area (Å²) in [4.78, 5) is 6.56. The Morgan fingerprint density at radius 2 is 2.29 bits per heavy atom. The Balaban J connectivity index is 2.79. The largest absolute Gasteiger partial charge is 0.329 e. The predicted molar refractivity (Wildman–Crippen MR) is 76.3 cm³/mol. The Hall–Kier alpha value is -0.580. The summed E-state index contributed by atoms with van der Waals surface area (Å²) >= 11 is 1.89. The van der Waals surface area contributed by atoms with E-state index in [1.54, 1.807) is 6.20 Å². The van der Waals surface area contributed by atoms with Crippen LogP contribution in [-0.2, 0) is 0 Å². The van der Waals surface area contributed by atoms with E-state index in [0.717, 1.165) is 12.2 Å². The summed E-state index contributed by atoms with van der Waals surface area (Å²) in [5, 5.41) is 0. The number of rotatable bonds is 7. The van der Waals surface area contributed by atoms with Crippen molar-refractivity contribution in [2.45, 2.75) is 25.4 Å². The van der Waals surface area contributed by atoms with Crippen LogP contribution in [0.4, 0.5) is 0 Å². The number of thioether (sulfide) groups is 1. The first-order chi connectivity index (χ1) is 8.24. The Morgan fingerprint density at radius 3 is 2.76 bits per heavy atom. The molecule has 0 aliphatic rings. The van der Waals surface area contributed by atoms with E-state index in [1.165, 1.54) is 5.56 Å². The summed E-state index contributed by atoms with van der Waals surface area (Å²) in [5.74, 6) is 1.14. The van der Waals surface area contributed by atoms with E-state index in [1.807, 2.05) is 24.0 Å². The number of likely N-dealkylation sites (N-methyl/N-ethyl adjacent to an activating group) is 1. The molecule has 1 aromatic rings. The Morgan fingerprint density at radius 1 is 1.53 bits per heavy atom. The second-order valence-corrected chi connectivity index (χ2v) is 5.13. The molecule has 1 rings (SSSR count). The Bertz CT molecular complexity index is 305. The van der Waals surface area contributed by atoms with Gasteiger partial charge in [-0.2, -0.15) is 11.8 Å². The molecule has 0 spiro atoms. The molecule has 1 heterocycles. The van der Waals surface area contributed by atoms with Crippen molar-refractivity contribution in [3.05, 3.63) is 30.1 Å². The third-order valence-electron chi connectivity index (χ3n) is 3.19. The second kappa shape index (κ2) is 7.69. The van der Waals surface area contributed by atoms with Gasteiger partial charge in [0.25, 0.3) is 0 Å². The van der Waals surface area contributed by atoms with Crippen LogP contribution >= 0.6 is 11.8 Å². The van der Waals surface area contributed by atoms with Crippen LogP contribution in [0.25, 0.3) is 0 Å². The van der Waals surface area contributed by atoms with Gasteiger partial charge < -0.3 is 5.73 Å². The molecule has 0 aromatic carbocycles. The highest BCUT2D eigenvalue weighted by molar-refractivity contribution is 7.98. The number of pyridine rings is 1. The highest BCUT2D eigenvalue weighted by Gasteiger charge is 2.21. The standard InChI is InChI=1S/C13H23N3S/c1-4-12(10-17-3)16(2)13(8-14)11-6-5-7-15-9-11/h5-7,9,12-13H,4,8,10,14H2,1-3H3. The van der Waals surface area contributed by atoms with Crippen LogP contribution in [0.2, 0.25) is 0 Å². The second-order valence-electron chi connectivity index (χ2n) is 4.22. The third-order valence-corrected chi connectivity index (χ3v) is 3.91. The topological polar surface area (TPSA) is 42.1 Å². The zero-order chi connectivity index (χ0) is 12.7. The number of nitrogens with zero attached hydrogens (tertiary/aromatic N) is 2. The fourth-order valence-corrected chi connectivity index (χ4v) is 2.94. The van der Waals surface area contributed by atoms with Crippen molar-refractivity contribution in [1.29, 1.82) is 0 Å². The zero-order valence-electron chi connectivity index (χ0n) is 11.0. The molecule has 0 saturated heterocycles. The third kappa shape index (κ3) is 3.98. The maximum absolute atomic E-state index is 5.92. The van der Waals surface area contributed by atoms with Gasteiger partial charge in [0, 0.05) is 36.8 Å². The summed E-state index contributed by atoms with van der Waals surface area (Å²) in [6.07, 6.45) is 7.02. The molecule has 0 radical (unpaired) electrons. The van der Waals surface area contributed by atoms with Gasteiger partial charge in [-0.05, 0) is 31.4 Å². The van der Waals surface area contributed by atoms with Crippen molar-refractivity contribution < 1.29 is 0 Å². The molecule has 0 aliphatic heterocycles. The van der Waals surface area contributed by atoms with Crippen LogP contribution in [0, 0.1) is 0 Å². The van der Waals surface area contributed by atoms with Gasteiger partial charge in [-0.15, -0.1) is 0 Å². The molecule has 2 atom stereocenters. The summed E-state index contributed by atoms with van der Waals surface area (Å²) < 4.78 is 0. The van der Waals surface area contributed by atoms with Gasteiger partial charge in [-0.1, -0.05) is 13.0 Å². The minimum Gasteiger partial charge on any atom is -0.329 e. The fourth-order valence-electron chi connectivity index (χ4n) is 2.08. The Kier molecular flexibility index (Phi) is 6.55. The number of hydrogen-bond acceptors (Lipinski definition) is 4. The average molecular weight is 253 g/mol. The van der Waals surface area contributed by atoms with Crippen molar-refractivity contribution in [1.82, 2.24) is 9.88 Å². The molecule has 0 amide bonds. The van der Waals surface area contributed by atoms with Gasteiger partial charge in [0.1, 0.15) is 0 Å². The van der Waals surface area contributed by atoms with Crippen molar-refractivity contribution in [3.63, 3.8) is 0 Å². The van der Waals surface area contributed by atoms with Crippen LogP contribution in [0.5, 0.6) is 0 Å². The van der Waals surface area contributed by atoms with E-state index in [-0.39, 0.29) is 6.04 Å². The number of aromatic nitrogens is 1. The summed E-state index contributed by atoms with van der Waals surface area (Å²) in [5.41, 5.74) is 7.12. The summed E-state index contributed by atoms with van der Waals surface area (Å²) in [6.45, 7) is 2.86. The van der Waals surface area contributed by atoms with E-state index in [2.05, 4.69) is 36.2 Å². The smallest absolute Gasteiger partial charge is 0.0485 e.